The Morgan fingerprint density at radius 1 is 1.35 bits per heavy atom. The van der Waals surface area contributed by atoms with E-state index in [1.807, 2.05) is 0 Å². The van der Waals surface area contributed by atoms with E-state index in [0.717, 1.165) is 31.7 Å². The van der Waals surface area contributed by atoms with Crippen LogP contribution in [0.1, 0.15) is 40.0 Å². The van der Waals surface area contributed by atoms with Crippen molar-refractivity contribution in [3.63, 3.8) is 0 Å². The first-order valence-corrected chi connectivity index (χ1v) is 7.15. The second-order valence-corrected chi connectivity index (χ2v) is 5.44. The molecule has 2 atom stereocenters. The van der Waals surface area contributed by atoms with Crippen LogP contribution in [0.25, 0.3) is 0 Å². The monoisotopic (exact) mass is 242 g/mol. The predicted molar refractivity (Wildman–Crippen MR) is 73.4 cm³/mol. The van der Waals surface area contributed by atoms with Gasteiger partial charge in [0.15, 0.2) is 0 Å². The summed E-state index contributed by atoms with van der Waals surface area (Å²) in [6.45, 7) is 11.0. The number of nitrogens with zero attached hydrogens (tertiary/aromatic N) is 1. The van der Waals surface area contributed by atoms with Gasteiger partial charge in [0.05, 0.1) is 6.61 Å². The fourth-order valence-electron chi connectivity index (χ4n) is 2.86. The summed E-state index contributed by atoms with van der Waals surface area (Å²) < 4.78 is 5.20. The summed E-state index contributed by atoms with van der Waals surface area (Å²) in [6.07, 6.45) is 4.13. The summed E-state index contributed by atoms with van der Waals surface area (Å²) in [6, 6.07) is 1.36. The van der Waals surface area contributed by atoms with Gasteiger partial charge in [0.2, 0.25) is 0 Å². The molecule has 0 saturated heterocycles. The van der Waals surface area contributed by atoms with Crippen molar-refractivity contribution in [2.45, 2.75) is 52.1 Å². The van der Waals surface area contributed by atoms with Crippen LogP contribution >= 0.6 is 0 Å². The van der Waals surface area contributed by atoms with Gasteiger partial charge in [0.25, 0.3) is 0 Å². The number of nitrogens with one attached hydrogen (secondary N) is 1. The standard InChI is InChI=1S/C14H30N2O/c1-5-15-14-8-6-7-13(14)11-16(12(2)3)9-10-17-4/h12-15H,5-11H2,1-4H3. The van der Waals surface area contributed by atoms with Crippen molar-refractivity contribution in [2.24, 2.45) is 5.92 Å². The van der Waals surface area contributed by atoms with Gasteiger partial charge in [-0.05, 0) is 39.2 Å². The van der Waals surface area contributed by atoms with Crippen LogP contribution in [0.3, 0.4) is 0 Å². The predicted octanol–water partition coefficient (Wildman–Crippen LogP) is 2.12. The molecular formula is C14H30N2O. The Labute approximate surface area is 107 Å². The Bertz CT molecular complexity index is 197. The zero-order valence-electron chi connectivity index (χ0n) is 12.0. The highest BCUT2D eigenvalue weighted by Gasteiger charge is 2.28. The Kier molecular flexibility index (Phi) is 7.09. The molecular weight excluding hydrogens is 212 g/mol. The van der Waals surface area contributed by atoms with Gasteiger partial charge < -0.3 is 10.1 Å². The molecule has 0 spiro atoms. The van der Waals surface area contributed by atoms with Crippen LogP contribution in [-0.4, -0.2) is 50.3 Å². The fraction of sp³-hybridized carbons (Fsp3) is 1.00. The molecule has 0 radical (unpaired) electrons. The molecule has 1 aliphatic rings. The molecule has 0 bridgehead atoms. The van der Waals surface area contributed by atoms with Crippen LogP contribution in [0.15, 0.2) is 0 Å². The van der Waals surface area contributed by atoms with Gasteiger partial charge in [-0.1, -0.05) is 13.3 Å². The van der Waals surface area contributed by atoms with E-state index in [0.29, 0.717) is 6.04 Å². The minimum absolute atomic E-state index is 0.619. The molecule has 1 rings (SSSR count). The highest BCUT2D eigenvalue weighted by atomic mass is 16.5. The maximum atomic E-state index is 5.20. The molecule has 0 heterocycles. The van der Waals surface area contributed by atoms with E-state index in [-0.39, 0.29) is 0 Å². The second-order valence-electron chi connectivity index (χ2n) is 5.44. The van der Waals surface area contributed by atoms with Crippen molar-refractivity contribution in [1.29, 1.82) is 0 Å². The van der Waals surface area contributed by atoms with Crippen molar-refractivity contribution in [3.05, 3.63) is 0 Å². The van der Waals surface area contributed by atoms with Crippen LogP contribution in [-0.2, 0) is 4.74 Å². The summed E-state index contributed by atoms with van der Waals surface area (Å²) in [5, 5.41) is 3.64. The first-order chi connectivity index (χ1) is 8.19. The number of hydrogen-bond acceptors (Lipinski definition) is 3. The number of hydrogen-bond donors (Lipinski definition) is 1. The average molecular weight is 242 g/mol. The fourth-order valence-corrected chi connectivity index (χ4v) is 2.86. The van der Waals surface area contributed by atoms with Gasteiger partial charge in [-0.15, -0.1) is 0 Å². The van der Waals surface area contributed by atoms with E-state index in [1.54, 1.807) is 7.11 Å². The zero-order valence-corrected chi connectivity index (χ0v) is 12.0. The molecule has 0 aromatic heterocycles. The van der Waals surface area contributed by atoms with Crippen LogP contribution in [0, 0.1) is 5.92 Å². The summed E-state index contributed by atoms with van der Waals surface area (Å²) in [7, 11) is 1.79. The molecule has 1 aliphatic carbocycles. The van der Waals surface area contributed by atoms with E-state index >= 15 is 0 Å². The smallest absolute Gasteiger partial charge is 0.0589 e. The Balaban J connectivity index is 2.41. The van der Waals surface area contributed by atoms with Crippen molar-refractivity contribution in [2.75, 3.05) is 33.4 Å². The molecule has 17 heavy (non-hydrogen) atoms. The SMILES string of the molecule is CCNC1CCCC1CN(CCOC)C(C)C. The largest absolute Gasteiger partial charge is 0.383 e. The minimum Gasteiger partial charge on any atom is -0.383 e. The molecule has 0 aromatic rings. The summed E-state index contributed by atoms with van der Waals surface area (Å²) in [5.41, 5.74) is 0. The Morgan fingerprint density at radius 3 is 2.71 bits per heavy atom. The molecule has 102 valence electrons. The average Bonchev–Trinajstić information content (AvgIpc) is 2.72. The van der Waals surface area contributed by atoms with Crippen LogP contribution in [0.5, 0.6) is 0 Å². The number of ether oxygens (including phenoxy) is 1. The molecule has 1 fully saturated rings. The lowest BCUT2D eigenvalue weighted by atomic mass is 10.0. The minimum atomic E-state index is 0.619. The normalized spacial score (nSPS) is 25.1. The zero-order chi connectivity index (χ0) is 12.7. The van der Waals surface area contributed by atoms with E-state index < -0.39 is 0 Å². The molecule has 1 saturated carbocycles. The van der Waals surface area contributed by atoms with E-state index in [1.165, 1.54) is 25.8 Å². The van der Waals surface area contributed by atoms with E-state index in [4.69, 9.17) is 4.74 Å². The van der Waals surface area contributed by atoms with Gasteiger partial charge in [-0.2, -0.15) is 0 Å². The van der Waals surface area contributed by atoms with Crippen LogP contribution < -0.4 is 5.32 Å². The molecule has 3 nitrogen and oxygen atoms in total. The lowest BCUT2D eigenvalue weighted by Gasteiger charge is -2.31. The van der Waals surface area contributed by atoms with Crippen LogP contribution in [0.4, 0.5) is 0 Å². The third-order valence-corrected chi connectivity index (χ3v) is 3.91. The third-order valence-electron chi connectivity index (χ3n) is 3.91. The van der Waals surface area contributed by atoms with Crippen LogP contribution in [0.2, 0.25) is 0 Å². The summed E-state index contributed by atoms with van der Waals surface area (Å²) >= 11 is 0. The Hall–Kier alpha value is -0.120. The molecule has 1 N–H and O–H groups in total. The topological polar surface area (TPSA) is 24.5 Å². The quantitative estimate of drug-likeness (QED) is 0.705. The molecule has 0 aliphatic heterocycles. The van der Waals surface area contributed by atoms with Crippen molar-refractivity contribution in [1.82, 2.24) is 10.2 Å². The first kappa shape index (κ1) is 14.9. The second kappa shape index (κ2) is 8.06. The summed E-state index contributed by atoms with van der Waals surface area (Å²) in [5.74, 6) is 0.828. The third kappa shape index (κ3) is 4.94. The molecule has 2 unspecified atom stereocenters. The van der Waals surface area contributed by atoms with Gasteiger partial charge in [-0.3, -0.25) is 4.90 Å². The number of methoxy groups -OCH3 is 1. The maximum Gasteiger partial charge on any atom is 0.0589 e. The lowest BCUT2D eigenvalue weighted by Crippen LogP contribution is -2.43. The maximum absolute atomic E-state index is 5.20. The van der Waals surface area contributed by atoms with Gasteiger partial charge >= 0.3 is 0 Å². The highest BCUT2D eigenvalue weighted by Crippen LogP contribution is 2.26. The van der Waals surface area contributed by atoms with Crippen molar-refractivity contribution >= 4 is 0 Å². The summed E-state index contributed by atoms with van der Waals surface area (Å²) in [4.78, 5) is 2.56. The van der Waals surface area contributed by atoms with E-state index in [2.05, 4.69) is 31.0 Å². The Morgan fingerprint density at radius 2 is 2.12 bits per heavy atom. The lowest BCUT2D eigenvalue weighted by molar-refractivity contribution is 0.112. The van der Waals surface area contributed by atoms with Crippen molar-refractivity contribution in [3.8, 4) is 0 Å². The van der Waals surface area contributed by atoms with Crippen molar-refractivity contribution < 1.29 is 4.74 Å². The first-order valence-electron chi connectivity index (χ1n) is 7.15. The molecule has 0 amide bonds. The van der Waals surface area contributed by atoms with Gasteiger partial charge in [-0.25, -0.2) is 0 Å². The molecule has 0 aromatic carbocycles. The van der Waals surface area contributed by atoms with E-state index in [9.17, 15) is 0 Å². The molecule has 3 heteroatoms. The number of rotatable bonds is 8. The van der Waals surface area contributed by atoms with Gasteiger partial charge in [0, 0.05) is 32.3 Å². The highest BCUT2D eigenvalue weighted by molar-refractivity contribution is 4.85. The van der Waals surface area contributed by atoms with Gasteiger partial charge in [0.1, 0.15) is 0 Å².